The first kappa shape index (κ1) is 8.74. The Morgan fingerprint density at radius 3 is 3.08 bits per heavy atom. The molecule has 1 heterocycles. The maximum Gasteiger partial charge on any atom is 0.135 e. The molecule has 0 saturated carbocycles. The molecule has 0 radical (unpaired) electrons. The van der Waals surface area contributed by atoms with Crippen molar-refractivity contribution in [2.75, 3.05) is 0 Å². The first-order valence-corrected chi connectivity index (χ1v) is 4.58. The van der Waals surface area contributed by atoms with Crippen molar-refractivity contribution in [2.24, 2.45) is 5.90 Å². The second kappa shape index (κ2) is 3.49. The minimum atomic E-state index is 0.410. The Hall–Kier alpha value is -0.840. The Labute approximate surface area is 83.5 Å². The lowest BCUT2D eigenvalue weighted by molar-refractivity contribution is 0.124. The van der Waals surface area contributed by atoms with Crippen molar-refractivity contribution in [2.45, 2.75) is 6.61 Å². The zero-order valence-corrected chi connectivity index (χ0v) is 8.37. The van der Waals surface area contributed by atoms with Crippen LogP contribution >= 0.6 is 15.9 Å². The summed E-state index contributed by atoms with van der Waals surface area (Å²) in [6, 6.07) is 5.80. The molecule has 0 aliphatic heterocycles. The van der Waals surface area contributed by atoms with Crippen LogP contribution in [0.15, 0.2) is 33.4 Å². The van der Waals surface area contributed by atoms with Crippen LogP contribution in [-0.4, -0.2) is 0 Å². The summed E-state index contributed by atoms with van der Waals surface area (Å²) in [6.07, 6.45) is 1.66. The SMILES string of the molecule is NOCc1ccc2occ(Br)c2c1. The molecule has 0 spiro atoms. The standard InChI is InChI=1S/C9H8BrNO2/c10-8-5-12-9-2-1-6(4-13-11)3-7(8)9/h1-3,5H,4,11H2. The van der Waals surface area contributed by atoms with Crippen LogP contribution in [0.3, 0.4) is 0 Å². The lowest BCUT2D eigenvalue weighted by Crippen LogP contribution is -1.98. The van der Waals surface area contributed by atoms with Gasteiger partial charge < -0.3 is 4.42 Å². The van der Waals surface area contributed by atoms with Gasteiger partial charge in [-0.25, -0.2) is 5.90 Å². The smallest absolute Gasteiger partial charge is 0.135 e. The molecular formula is C9H8BrNO2. The fourth-order valence-corrected chi connectivity index (χ4v) is 1.63. The summed E-state index contributed by atoms with van der Waals surface area (Å²) in [5.74, 6) is 4.98. The van der Waals surface area contributed by atoms with E-state index in [1.54, 1.807) is 6.26 Å². The molecule has 68 valence electrons. The van der Waals surface area contributed by atoms with Gasteiger partial charge in [-0.2, -0.15) is 0 Å². The van der Waals surface area contributed by atoms with E-state index >= 15 is 0 Å². The fraction of sp³-hybridized carbons (Fsp3) is 0.111. The normalized spacial score (nSPS) is 10.9. The van der Waals surface area contributed by atoms with E-state index in [1.165, 1.54) is 0 Å². The Morgan fingerprint density at radius 1 is 1.46 bits per heavy atom. The van der Waals surface area contributed by atoms with Gasteiger partial charge >= 0.3 is 0 Å². The van der Waals surface area contributed by atoms with E-state index in [0.717, 1.165) is 21.0 Å². The minimum absolute atomic E-state index is 0.410. The van der Waals surface area contributed by atoms with Crippen molar-refractivity contribution >= 4 is 26.9 Å². The Morgan fingerprint density at radius 2 is 2.31 bits per heavy atom. The Bertz CT molecular complexity index is 424. The fourth-order valence-electron chi connectivity index (χ4n) is 1.23. The first-order chi connectivity index (χ1) is 6.31. The number of fused-ring (bicyclic) bond motifs is 1. The Kier molecular flexibility index (Phi) is 2.35. The average molecular weight is 242 g/mol. The zero-order chi connectivity index (χ0) is 9.26. The van der Waals surface area contributed by atoms with Crippen molar-refractivity contribution in [1.82, 2.24) is 0 Å². The molecule has 0 fully saturated rings. The van der Waals surface area contributed by atoms with E-state index in [9.17, 15) is 0 Å². The number of rotatable bonds is 2. The minimum Gasteiger partial charge on any atom is -0.463 e. The summed E-state index contributed by atoms with van der Waals surface area (Å²) in [4.78, 5) is 4.55. The quantitative estimate of drug-likeness (QED) is 0.823. The second-order valence-electron chi connectivity index (χ2n) is 2.73. The van der Waals surface area contributed by atoms with Crippen LogP contribution in [0.4, 0.5) is 0 Å². The molecule has 0 aliphatic rings. The van der Waals surface area contributed by atoms with Crippen LogP contribution in [-0.2, 0) is 11.4 Å². The highest BCUT2D eigenvalue weighted by Crippen LogP contribution is 2.26. The Balaban J connectivity index is 2.53. The van der Waals surface area contributed by atoms with Crippen molar-refractivity contribution in [3.63, 3.8) is 0 Å². The molecule has 13 heavy (non-hydrogen) atoms. The van der Waals surface area contributed by atoms with E-state index in [4.69, 9.17) is 10.3 Å². The maximum absolute atomic E-state index is 5.26. The molecule has 2 aromatic rings. The van der Waals surface area contributed by atoms with Gasteiger partial charge in [-0.05, 0) is 33.6 Å². The van der Waals surface area contributed by atoms with Gasteiger partial charge in [0.15, 0.2) is 0 Å². The molecule has 2 rings (SSSR count). The van der Waals surface area contributed by atoms with Crippen molar-refractivity contribution in [3.8, 4) is 0 Å². The van der Waals surface area contributed by atoms with E-state index in [-0.39, 0.29) is 0 Å². The van der Waals surface area contributed by atoms with E-state index < -0.39 is 0 Å². The molecule has 1 aromatic carbocycles. The number of hydrogen-bond acceptors (Lipinski definition) is 3. The summed E-state index contributed by atoms with van der Waals surface area (Å²) in [5.41, 5.74) is 1.88. The van der Waals surface area contributed by atoms with Gasteiger partial charge in [-0.3, -0.25) is 4.84 Å². The second-order valence-corrected chi connectivity index (χ2v) is 3.58. The third kappa shape index (κ3) is 1.60. The summed E-state index contributed by atoms with van der Waals surface area (Å²) < 4.78 is 6.21. The lowest BCUT2D eigenvalue weighted by atomic mass is 10.2. The summed E-state index contributed by atoms with van der Waals surface area (Å²) >= 11 is 3.39. The number of nitrogens with two attached hydrogens (primary N) is 1. The summed E-state index contributed by atoms with van der Waals surface area (Å²) in [6.45, 7) is 0.410. The van der Waals surface area contributed by atoms with Gasteiger partial charge in [0.05, 0.1) is 11.1 Å². The van der Waals surface area contributed by atoms with Gasteiger partial charge in [0.1, 0.15) is 11.8 Å². The molecule has 1 aromatic heterocycles. The number of furan rings is 1. The number of hydrogen-bond donors (Lipinski definition) is 1. The van der Waals surface area contributed by atoms with Crippen molar-refractivity contribution in [3.05, 3.63) is 34.5 Å². The van der Waals surface area contributed by atoms with E-state index in [1.807, 2.05) is 18.2 Å². The molecule has 4 heteroatoms. The molecule has 2 N–H and O–H groups in total. The van der Waals surface area contributed by atoms with Crippen molar-refractivity contribution < 1.29 is 9.25 Å². The van der Waals surface area contributed by atoms with Crippen LogP contribution in [0, 0.1) is 0 Å². The topological polar surface area (TPSA) is 48.4 Å². The molecule has 0 saturated heterocycles. The number of halogens is 1. The average Bonchev–Trinajstić information content (AvgIpc) is 2.49. The van der Waals surface area contributed by atoms with Gasteiger partial charge in [0.25, 0.3) is 0 Å². The summed E-state index contributed by atoms with van der Waals surface area (Å²) in [7, 11) is 0. The van der Waals surface area contributed by atoms with Gasteiger partial charge in [-0.15, -0.1) is 0 Å². The third-order valence-corrected chi connectivity index (χ3v) is 2.45. The van der Waals surface area contributed by atoms with Crippen LogP contribution in [0.1, 0.15) is 5.56 Å². The van der Waals surface area contributed by atoms with E-state index in [0.29, 0.717) is 6.61 Å². The lowest BCUT2D eigenvalue weighted by Gasteiger charge is -1.97. The molecule has 0 aliphatic carbocycles. The largest absolute Gasteiger partial charge is 0.463 e. The molecular weight excluding hydrogens is 234 g/mol. The van der Waals surface area contributed by atoms with Gasteiger partial charge in [-0.1, -0.05) is 6.07 Å². The molecule has 0 amide bonds. The van der Waals surface area contributed by atoms with E-state index in [2.05, 4.69) is 20.8 Å². The van der Waals surface area contributed by atoms with Crippen molar-refractivity contribution in [1.29, 1.82) is 0 Å². The molecule has 3 nitrogen and oxygen atoms in total. The molecule has 0 bridgehead atoms. The monoisotopic (exact) mass is 241 g/mol. The van der Waals surface area contributed by atoms with Crippen LogP contribution in [0.5, 0.6) is 0 Å². The predicted molar refractivity (Wildman–Crippen MR) is 52.9 cm³/mol. The predicted octanol–water partition coefficient (Wildman–Crippen LogP) is 2.59. The first-order valence-electron chi connectivity index (χ1n) is 3.78. The highest BCUT2D eigenvalue weighted by Gasteiger charge is 2.03. The molecule has 0 unspecified atom stereocenters. The highest BCUT2D eigenvalue weighted by atomic mass is 79.9. The van der Waals surface area contributed by atoms with Gasteiger partial charge in [0, 0.05) is 5.39 Å². The zero-order valence-electron chi connectivity index (χ0n) is 6.79. The van der Waals surface area contributed by atoms with Crippen LogP contribution in [0.2, 0.25) is 0 Å². The summed E-state index contributed by atoms with van der Waals surface area (Å²) in [5, 5.41) is 1.04. The van der Waals surface area contributed by atoms with Crippen LogP contribution in [0.25, 0.3) is 11.0 Å². The highest BCUT2D eigenvalue weighted by molar-refractivity contribution is 9.10. The van der Waals surface area contributed by atoms with Crippen LogP contribution < -0.4 is 5.90 Å². The van der Waals surface area contributed by atoms with Gasteiger partial charge in [0.2, 0.25) is 0 Å². The maximum atomic E-state index is 5.26. The molecule has 0 atom stereocenters. The number of benzene rings is 1. The third-order valence-electron chi connectivity index (χ3n) is 1.84.